The summed E-state index contributed by atoms with van der Waals surface area (Å²) in [7, 11) is 0. The first-order valence-corrected chi connectivity index (χ1v) is 4.53. The van der Waals surface area contributed by atoms with Crippen molar-refractivity contribution in [3.05, 3.63) is 0 Å². The molecule has 1 saturated carbocycles. The minimum Gasteiger partial charge on any atom is -0.380 e. The summed E-state index contributed by atoms with van der Waals surface area (Å²) in [6, 6.07) is 0. The van der Waals surface area contributed by atoms with Crippen molar-refractivity contribution in [2.24, 2.45) is 11.1 Å². The number of nitrogens with two attached hydrogens (primary N) is 1. The summed E-state index contributed by atoms with van der Waals surface area (Å²) in [5, 5.41) is 0. The largest absolute Gasteiger partial charge is 0.380 e. The molecule has 2 N–H and O–H groups in total. The van der Waals surface area contributed by atoms with E-state index in [0.29, 0.717) is 5.41 Å². The first-order valence-electron chi connectivity index (χ1n) is 4.53. The highest BCUT2D eigenvalue weighted by atomic mass is 16.5. The molecule has 0 aromatic rings. The fraction of sp³-hybridized carbons (Fsp3) is 1.00. The molecule has 0 radical (unpaired) electrons. The van der Waals surface area contributed by atoms with Gasteiger partial charge in [-0.2, -0.15) is 0 Å². The molecule has 1 heterocycles. The third-order valence-corrected chi connectivity index (χ3v) is 3.54. The van der Waals surface area contributed by atoms with Gasteiger partial charge in [-0.15, -0.1) is 0 Å². The lowest BCUT2D eigenvalue weighted by Gasteiger charge is -2.50. The lowest BCUT2D eigenvalue weighted by molar-refractivity contribution is -0.142. The van der Waals surface area contributed by atoms with Gasteiger partial charge in [-0.3, -0.25) is 0 Å². The zero-order valence-corrected chi connectivity index (χ0v) is 7.23. The van der Waals surface area contributed by atoms with E-state index in [2.05, 4.69) is 6.92 Å². The van der Waals surface area contributed by atoms with Crippen LogP contribution in [0.2, 0.25) is 0 Å². The quantitative estimate of drug-likeness (QED) is 0.619. The maximum Gasteiger partial charge on any atom is 0.0559 e. The van der Waals surface area contributed by atoms with Crippen molar-refractivity contribution in [1.82, 2.24) is 0 Å². The number of rotatable bonds is 1. The third-order valence-electron chi connectivity index (χ3n) is 3.54. The second-order valence-electron chi connectivity index (χ2n) is 4.42. The zero-order valence-electron chi connectivity index (χ0n) is 7.23. The molecule has 64 valence electrons. The van der Waals surface area contributed by atoms with Gasteiger partial charge in [0.15, 0.2) is 0 Å². The first-order chi connectivity index (χ1) is 5.16. The summed E-state index contributed by atoms with van der Waals surface area (Å²) in [6.07, 6.45) is 5.03. The van der Waals surface area contributed by atoms with Gasteiger partial charge in [0, 0.05) is 11.0 Å². The van der Waals surface area contributed by atoms with E-state index in [0.717, 1.165) is 13.2 Å². The van der Waals surface area contributed by atoms with Crippen LogP contribution in [0.1, 0.15) is 32.6 Å². The predicted molar refractivity (Wildman–Crippen MR) is 44.3 cm³/mol. The average molecular weight is 155 g/mol. The number of hydrogen-bond donors (Lipinski definition) is 1. The van der Waals surface area contributed by atoms with Gasteiger partial charge in [-0.25, -0.2) is 0 Å². The van der Waals surface area contributed by atoms with Gasteiger partial charge in [0.1, 0.15) is 0 Å². The lowest BCUT2D eigenvalue weighted by atomic mass is 9.69. The Morgan fingerprint density at radius 2 is 1.73 bits per heavy atom. The summed E-state index contributed by atoms with van der Waals surface area (Å²) >= 11 is 0. The van der Waals surface area contributed by atoms with Crippen LogP contribution < -0.4 is 5.73 Å². The van der Waals surface area contributed by atoms with Gasteiger partial charge < -0.3 is 10.5 Å². The van der Waals surface area contributed by atoms with E-state index < -0.39 is 0 Å². The maximum atomic E-state index is 6.32. The van der Waals surface area contributed by atoms with Gasteiger partial charge >= 0.3 is 0 Å². The molecule has 1 aliphatic carbocycles. The van der Waals surface area contributed by atoms with Crippen LogP contribution >= 0.6 is 0 Å². The molecule has 0 aromatic carbocycles. The standard InChI is InChI=1S/C9H17NO/c1-8(6-11-7-8)9(10)4-2-3-5-9/h2-7,10H2,1H3. The van der Waals surface area contributed by atoms with Crippen molar-refractivity contribution in [2.45, 2.75) is 38.1 Å². The molecule has 2 nitrogen and oxygen atoms in total. The van der Waals surface area contributed by atoms with Crippen LogP contribution in [-0.4, -0.2) is 18.8 Å². The number of ether oxygens (including phenoxy) is 1. The normalized spacial score (nSPS) is 33.3. The Kier molecular flexibility index (Phi) is 1.52. The Labute approximate surface area is 68.1 Å². The molecule has 2 heteroatoms. The molecule has 0 amide bonds. The molecular formula is C9H17NO. The van der Waals surface area contributed by atoms with Crippen molar-refractivity contribution in [3.63, 3.8) is 0 Å². The van der Waals surface area contributed by atoms with Crippen molar-refractivity contribution in [2.75, 3.05) is 13.2 Å². The molecular weight excluding hydrogens is 138 g/mol. The molecule has 2 fully saturated rings. The van der Waals surface area contributed by atoms with E-state index in [4.69, 9.17) is 10.5 Å². The molecule has 0 aromatic heterocycles. The maximum absolute atomic E-state index is 6.32. The van der Waals surface area contributed by atoms with Gasteiger partial charge in [0.05, 0.1) is 13.2 Å². The molecule has 1 aliphatic heterocycles. The van der Waals surface area contributed by atoms with Gasteiger partial charge in [0.2, 0.25) is 0 Å². The van der Waals surface area contributed by atoms with E-state index in [1.54, 1.807) is 0 Å². The summed E-state index contributed by atoms with van der Waals surface area (Å²) in [6.45, 7) is 4.02. The second-order valence-corrected chi connectivity index (χ2v) is 4.42. The topological polar surface area (TPSA) is 35.2 Å². The predicted octanol–water partition coefficient (Wildman–Crippen LogP) is 1.29. The monoisotopic (exact) mass is 155 g/mol. The van der Waals surface area contributed by atoms with Crippen molar-refractivity contribution in [1.29, 1.82) is 0 Å². The Bertz CT molecular complexity index is 157. The average Bonchev–Trinajstić information content (AvgIpc) is 2.32. The molecule has 11 heavy (non-hydrogen) atoms. The van der Waals surface area contributed by atoms with Crippen LogP contribution in [0.5, 0.6) is 0 Å². The van der Waals surface area contributed by atoms with Gasteiger partial charge in [-0.05, 0) is 12.8 Å². The molecule has 2 rings (SSSR count). The fourth-order valence-electron chi connectivity index (χ4n) is 2.31. The minimum absolute atomic E-state index is 0.102. The third kappa shape index (κ3) is 0.926. The molecule has 0 unspecified atom stereocenters. The van der Waals surface area contributed by atoms with Crippen molar-refractivity contribution < 1.29 is 4.74 Å². The van der Waals surface area contributed by atoms with E-state index in [9.17, 15) is 0 Å². The Morgan fingerprint density at radius 3 is 2.09 bits per heavy atom. The van der Waals surface area contributed by atoms with Crippen LogP contribution in [0.4, 0.5) is 0 Å². The van der Waals surface area contributed by atoms with Crippen LogP contribution in [0, 0.1) is 5.41 Å². The van der Waals surface area contributed by atoms with E-state index in [1.807, 2.05) is 0 Å². The Balaban J connectivity index is 2.11. The SMILES string of the molecule is CC1(C2(N)CCCC2)COC1. The van der Waals surface area contributed by atoms with Gasteiger partial charge in [0.25, 0.3) is 0 Å². The zero-order chi connectivity index (χ0) is 7.95. The smallest absolute Gasteiger partial charge is 0.0559 e. The Hall–Kier alpha value is -0.0800. The Morgan fingerprint density at radius 1 is 1.18 bits per heavy atom. The van der Waals surface area contributed by atoms with Crippen LogP contribution in [-0.2, 0) is 4.74 Å². The van der Waals surface area contributed by atoms with Crippen LogP contribution in [0.3, 0.4) is 0 Å². The molecule has 1 saturated heterocycles. The molecule has 2 aliphatic rings. The lowest BCUT2D eigenvalue weighted by Crippen LogP contribution is -2.61. The van der Waals surface area contributed by atoms with Gasteiger partial charge in [-0.1, -0.05) is 19.8 Å². The highest BCUT2D eigenvalue weighted by molar-refractivity contribution is 5.05. The summed E-state index contributed by atoms with van der Waals surface area (Å²) in [5.74, 6) is 0. The fourth-order valence-corrected chi connectivity index (χ4v) is 2.31. The van der Waals surface area contributed by atoms with Crippen LogP contribution in [0.25, 0.3) is 0 Å². The summed E-state index contributed by atoms with van der Waals surface area (Å²) < 4.78 is 5.24. The number of hydrogen-bond acceptors (Lipinski definition) is 2. The second kappa shape index (κ2) is 2.20. The minimum atomic E-state index is 0.102. The summed E-state index contributed by atoms with van der Waals surface area (Å²) in [5.41, 5.74) is 6.72. The molecule has 0 spiro atoms. The van der Waals surface area contributed by atoms with Crippen molar-refractivity contribution in [3.8, 4) is 0 Å². The first kappa shape index (κ1) is 7.56. The molecule has 0 atom stereocenters. The van der Waals surface area contributed by atoms with Crippen molar-refractivity contribution >= 4 is 0 Å². The van der Waals surface area contributed by atoms with E-state index in [-0.39, 0.29) is 5.54 Å². The molecule has 0 bridgehead atoms. The van der Waals surface area contributed by atoms with E-state index in [1.165, 1.54) is 25.7 Å². The highest BCUT2D eigenvalue weighted by Crippen LogP contribution is 2.46. The highest BCUT2D eigenvalue weighted by Gasteiger charge is 2.51. The van der Waals surface area contributed by atoms with Crippen LogP contribution in [0.15, 0.2) is 0 Å². The summed E-state index contributed by atoms with van der Waals surface area (Å²) in [4.78, 5) is 0. The van der Waals surface area contributed by atoms with E-state index >= 15 is 0 Å².